The molecule has 2 heterocycles. The Morgan fingerprint density at radius 2 is 1.66 bits per heavy atom. The van der Waals surface area contributed by atoms with E-state index in [2.05, 4.69) is 0 Å². The molecule has 1 saturated heterocycles. The average molecular weight is 600 g/mol. The number of rotatable bonds is 5. The Bertz CT molecular complexity index is 1290. The second kappa shape index (κ2) is 11.3. The van der Waals surface area contributed by atoms with E-state index in [9.17, 15) is 36.2 Å². The lowest BCUT2D eigenvalue weighted by atomic mass is 9.68. The number of ether oxygens (including phenoxy) is 1. The van der Waals surface area contributed by atoms with Crippen molar-refractivity contribution in [2.24, 2.45) is 11.8 Å². The first kappa shape index (κ1) is 30.0. The van der Waals surface area contributed by atoms with E-state index in [1.807, 2.05) is 36.1 Å². The number of nitrogens with zero attached hydrogens (tertiary/aromatic N) is 1. The number of likely N-dealkylation sites (tertiary alicyclic amines) is 1. The Morgan fingerprint density at radius 3 is 2.27 bits per heavy atom. The van der Waals surface area contributed by atoms with Gasteiger partial charge in [0, 0.05) is 35.9 Å². The number of thioether (sulfide) groups is 1. The average Bonchev–Trinajstić information content (AvgIpc) is 3.24. The van der Waals surface area contributed by atoms with E-state index in [-0.39, 0.29) is 35.2 Å². The van der Waals surface area contributed by atoms with Gasteiger partial charge in [0.15, 0.2) is 5.78 Å². The Labute approximate surface area is 238 Å². The molecule has 2 aliphatic heterocycles. The predicted molar refractivity (Wildman–Crippen MR) is 143 cm³/mol. The van der Waals surface area contributed by atoms with Crippen LogP contribution >= 0.6 is 11.8 Å². The van der Waals surface area contributed by atoms with Crippen LogP contribution in [-0.4, -0.2) is 46.2 Å². The van der Waals surface area contributed by atoms with Crippen LogP contribution in [0.25, 0.3) is 0 Å². The summed E-state index contributed by atoms with van der Waals surface area (Å²) >= 11 is 1.49. The molecule has 222 valence electrons. The monoisotopic (exact) mass is 599 g/mol. The smallest absolute Gasteiger partial charge is 0.373 e. The third-order valence-electron chi connectivity index (χ3n) is 8.47. The molecular formula is C30H31F6NO3S. The van der Waals surface area contributed by atoms with Crippen molar-refractivity contribution in [2.75, 3.05) is 18.1 Å². The fourth-order valence-electron chi connectivity index (χ4n) is 6.56. The predicted octanol–water partition coefficient (Wildman–Crippen LogP) is 7.12. The van der Waals surface area contributed by atoms with Gasteiger partial charge in [0.25, 0.3) is 0 Å². The number of fused-ring (bicyclic) bond motifs is 1. The molecule has 0 bridgehead atoms. The van der Waals surface area contributed by atoms with Gasteiger partial charge in [-0.2, -0.15) is 26.3 Å². The van der Waals surface area contributed by atoms with Gasteiger partial charge in [-0.25, -0.2) is 0 Å². The second-order valence-corrected chi connectivity index (χ2v) is 12.1. The Balaban J connectivity index is 1.49. The minimum absolute atomic E-state index is 0.0110. The van der Waals surface area contributed by atoms with Crippen LogP contribution < -0.4 is 0 Å². The fourth-order valence-corrected chi connectivity index (χ4v) is 7.40. The molecule has 0 spiro atoms. The number of alkyl halides is 6. The first-order valence-corrected chi connectivity index (χ1v) is 14.7. The number of carbonyl (C=O) groups excluding carboxylic acids is 1. The van der Waals surface area contributed by atoms with Crippen LogP contribution in [0.3, 0.4) is 0 Å². The SMILES string of the molecule is Cc1ccccc1[C@H]1[C@@H]2C(O)N(C3=CC(=O)CSC3)C[C@H]2CC[C@@H]1O[C@H](C)c1cc(C(F)(F)F)cc(C(F)(F)F)c1. The van der Waals surface area contributed by atoms with Gasteiger partial charge in [-0.1, -0.05) is 24.3 Å². The van der Waals surface area contributed by atoms with Crippen molar-refractivity contribution in [2.45, 2.75) is 63.4 Å². The lowest BCUT2D eigenvalue weighted by Gasteiger charge is -2.42. The highest BCUT2D eigenvalue weighted by atomic mass is 32.2. The Hall–Kier alpha value is -2.50. The highest BCUT2D eigenvalue weighted by Crippen LogP contribution is 2.51. The van der Waals surface area contributed by atoms with E-state index in [1.165, 1.54) is 18.7 Å². The van der Waals surface area contributed by atoms with Gasteiger partial charge in [-0.15, -0.1) is 11.8 Å². The number of hydrogen-bond acceptors (Lipinski definition) is 5. The number of hydrogen-bond donors (Lipinski definition) is 1. The molecule has 1 aliphatic carbocycles. The molecule has 2 aromatic rings. The molecule has 4 nitrogen and oxygen atoms in total. The lowest BCUT2D eigenvalue weighted by molar-refractivity contribution is -0.143. The highest BCUT2D eigenvalue weighted by Gasteiger charge is 2.52. The quantitative estimate of drug-likeness (QED) is 0.371. The standard InChI is InChI=1S/C30H31F6NO3S/c1-16-5-3-4-6-24(16)27-25(8-7-18-13-37(28(39)26(18)27)22-12-23(38)15-41-14-22)40-17(2)19-9-20(29(31,32)33)11-21(10-19)30(34,35)36/h3-6,9-12,17-18,25-28,39H,7-8,13-15H2,1-2H3/t17-,18-,25+,26-,27-,28?/m1/s1. The van der Waals surface area contributed by atoms with E-state index in [0.717, 1.165) is 16.8 Å². The molecule has 0 aromatic heterocycles. The zero-order valence-corrected chi connectivity index (χ0v) is 23.3. The normalized spacial score (nSPS) is 27.9. The molecule has 1 N–H and O–H groups in total. The summed E-state index contributed by atoms with van der Waals surface area (Å²) in [6.45, 7) is 3.95. The maximum absolute atomic E-state index is 13.5. The zero-order chi connectivity index (χ0) is 29.7. The molecule has 5 rings (SSSR count). The van der Waals surface area contributed by atoms with E-state index in [4.69, 9.17) is 4.74 Å². The second-order valence-electron chi connectivity index (χ2n) is 11.1. The maximum atomic E-state index is 13.5. The minimum Gasteiger partial charge on any atom is -0.373 e. The molecule has 2 fully saturated rings. The highest BCUT2D eigenvalue weighted by molar-refractivity contribution is 8.00. The number of allylic oxidation sites excluding steroid dienone is 1. The topological polar surface area (TPSA) is 49.8 Å². The van der Waals surface area contributed by atoms with Crippen LogP contribution in [0.5, 0.6) is 0 Å². The molecule has 1 unspecified atom stereocenters. The summed E-state index contributed by atoms with van der Waals surface area (Å²) in [5, 5.41) is 11.6. The van der Waals surface area contributed by atoms with E-state index in [1.54, 1.807) is 6.08 Å². The molecule has 0 amide bonds. The summed E-state index contributed by atoms with van der Waals surface area (Å²) in [6.07, 6.45) is -9.72. The third-order valence-corrected chi connectivity index (χ3v) is 9.46. The van der Waals surface area contributed by atoms with Gasteiger partial charge < -0.3 is 14.7 Å². The Morgan fingerprint density at radius 1 is 1.00 bits per heavy atom. The number of aryl methyl sites for hydroxylation is 1. The van der Waals surface area contributed by atoms with Crippen molar-refractivity contribution in [3.05, 3.63) is 82.1 Å². The van der Waals surface area contributed by atoms with Crippen molar-refractivity contribution in [1.29, 1.82) is 0 Å². The zero-order valence-electron chi connectivity index (χ0n) is 22.5. The molecule has 41 heavy (non-hydrogen) atoms. The van der Waals surface area contributed by atoms with Gasteiger partial charge in [0.1, 0.15) is 6.23 Å². The van der Waals surface area contributed by atoms with Crippen molar-refractivity contribution in [3.8, 4) is 0 Å². The van der Waals surface area contributed by atoms with Gasteiger partial charge in [-0.05, 0) is 67.5 Å². The number of carbonyl (C=O) groups is 1. The molecular weight excluding hydrogens is 568 g/mol. The molecule has 11 heteroatoms. The van der Waals surface area contributed by atoms with E-state index in [0.29, 0.717) is 43.0 Å². The molecule has 3 aliphatic rings. The number of aliphatic hydroxyl groups is 1. The first-order valence-electron chi connectivity index (χ1n) is 13.5. The number of benzene rings is 2. The van der Waals surface area contributed by atoms with Crippen LogP contribution in [0, 0.1) is 18.8 Å². The number of aliphatic hydroxyl groups excluding tert-OH is 1. The van der Waals surface area contributed by atoms with Crippen molar-refractivity contribution < 1.29 is 41.0 Å². The summed E-state index contributed by atoms with van der Waals surface area (Å²) in [6, 6.07) is 9.16. The molecule has 0 radical (unpaired) electrons. The van der Waals surface area contributed by atoms with Gasteiger partial charge >= 0.3 is 12.4 Å². The van der Waals surface area contributed by atoms with Gasteiger partial charge in [0.2, 0.25) is 0 Å². The minimum atomic E-state index is -4.96. The molecule has 1 saturated carbocycles. The van der Waals surface area contributed by atoms with Gasteiger partial charge in [0.05, 0.1) is 29.1 Å². The van der Waals surface area contributed by atoms with Crippen molar-refractivity contribution in [1.82, 2.24) is 4.90 Å². The number of halogens is 6. The fraction of sp³-hybridized carbons (Fsp3) is 0.500. The van der Waals surface area contributed by atoms with Crippen LogP contribution in [0.1, 0.15) is 59.6 Å². The summed E-state index contributed by atoms with van der Waals surface area (Å²) in [7, 11) is 0. The largest absolute Gasteiger partial charge is 0.416 e. The summed E-state index contributed by atoms with van der Waals surface area (Å²) in [4.78, 5) is 14.0. The maximum Gasteiger partial charge on any atom is 0.416 e. The molecule has 2 aromatic carbocycles. The van der Waals surface area contributed by atoms with E-state index < -0.39 is 41.9 Å². The Kier molecular flexibility index (Phi) is 8.26. The van der Waals surface area contributed by atoms with Crippen LogP contribution in [0.4, 0.5) is 26.3 Å². The first-order chi connectivity index (χ1) is 19.2. The summed E-state index contributed by atoms with van der Waals surface area (Å²) < 4.78 is 87.5. The van der Waals surface area contributed by atoms with Crippen LogP contribution in [-0.2, 0) is 21.9 Å². The van der Waals surface area contributed by atoms with Crippen molar-refractivity contribution >= 4 is 17.5 Å². The van der Waals surface area contributed by atoms with Crippen molar-refractivity contribution in [3.63, 3.8) is 0 Å². The van der Waals surface area contributed by atoms with Crippen LogP contribution in [0.2, 0.25) is 0 Å². The number of ketones is 1. The summed E-state index contributed by atoms with van der Waals surface area (Å²) in [5.41, 5.74) is -0.339. The van der Waals surface area contributed by atoms with Gasteiger partial charge in [-0.3, -0.25) is 4.79 Å². The molecule has 6 atom stereocenters. The van der Waals surface area contributed by atoms with E-state index >= 15 is 0 Å². The third kappa shape index (κ3) is 6.17. The lowest BCUT2D eigenvalue weighted by Crippen LogP contribution is -2.42. The summed E-state index contributed by atoms with van der Waals surface area (Å²) in [5.74, 6) is 0.382. The van der Waals surface area contributed by atoms with Crippen LogP contribution in [0.15, 0.2) is 54.2 Å².